The molecule has 2 aromatic carbocycles. The van der Waals surface area contributed by atoms with Gasteiger partial charge in [0.05, 0.1) is 19.3 Å². The number of aliphatic carboxylic acids is 1. The molecule has 0 bridgehead atoms. The predicted octanol–water partition coefficient (Wildman–Crippen LogP) is 5.75. The Labute approximate surface area is 200 Å². The molecule has 6 heteroatoms. The molecule has 0 saturated heterocycles. The van der Waals surface area contributed by atoms with Crippen molar-refractivity contribution < 1.29 is 23.8 Å². The molecule has 1 N–H and O–H groups in total. The molecular formula is C28H33NO5. The monoisotopic (exact) mass is 463 g/mol. The molecule has 4 rings (SSSR count). The third-order valence-corrected chi connectivity index (χ3v) is 6.45. The Morgan fingerprint density at radius 1 is 1.12 bits per heavy atom. The van der Waals surface area contributed by atoms with Crippen molar-refractivity contribution in [3.8, 4) is 11.5 Å². The van der Waals surface area contributed by atoms with Gasteiger partial charge in [-0.2, -0.15) is 0 Å². The molecule has 0 aliphatic heterocycles. The van der Waals surface area contributed by atoms with Gasteiger partial charge in [0.15, 0.2) is 6.10 Å². The molecule has 6 nitrogen and oxygen atoms in total. The molecule has 1 fully saturated rings. The van der Waals surface area contributed by atoms with Gasteiger partial charge in [0, 0.05) is 12.0 Å². The standard InChI is InChI=1S/C28H33NO5/c1-19-11-13-23(14-12-19)27-29-25(20(2)34-27)18-32-24-10-6-9-22(15-24)17-33-26(28(30)31)16-21-7-4-3-5-8-21/h3-5,7-8,11-14,22,24,26H,6,9-10,15-18H2,1-2H3,(H,30,31). The third-order valence-electron chi connectivity index (χ3n) is 6.45. The molecule has 1 aliphatic carbocycles. The number of benzene rings is 2. The van der Waals surface area contributed by atoms with Crippen LogP contribution < -0.4 is 0 Å². The highest BCUT2D eigenvalue weighted by Crippen LogP contribution is 2.29. The van der Waals surface area contributed by atoms with E-state index < -0.39 is 12.1 Å². The van der Waals surface area contributed by atoms with Crippen molar-refractivity contribution in [3.63, 3.8) is 0 Å². The highest BCUT2D eigenvalue weighted by atomic mass is 16.5. The van der Waals surface area contributed by atoms with E-state index in [2.05, 4.69) is 11.9 Å². The lowest BCUT2D eigenvalue weighted by Crippen LogP contribution is -2.31. The summed E-state index contributed by atoms with van der Waals surface area (Å²) < 4.78 is 17.9. The van der Waals surface area contributed by atoms with Gasteiger partial charge in [-0.1, -0.05) is 54.4 Å². The van der Waals surface area contributed by atoms with E-state index >= 15 is 0 Å². The molecule has 0 spiro atoms. The Bertz CT molecular complexity index is 1060. The van der Waals surface area contributed by atoms with Crippen molar-refractivity contribution in [2.75, 3.05) is 6.61 Å². The van der Waals surface area contributed by atoms with Crippen LogP contribution in [0.1, 0.15) is 48.3 Å². The molecule has 3 unspecified atom stereocenters. The van der Waals surface area contributed by atoms with Crippen molar-refractivity contribution >= 4 is 5.97 Å². The van der Waals surface area contributed by atoms with Crippen LogP contribution in [0, 0.1) is 19.8 Å². The van der Waals surface area contributed by atoms with Crippen molar-refractivity contribution in [2.24, 2.45) is 5.92 Å². The van der Waals surface area contributed by atoms with Gasteiger partial charge in [-0.3, -0.25) is 0 Å². The van der Waals surface area contributed by atoms with Gasteiger partial charge in [0.1, 0.15) is 11.5 Å². The maximum absolute atomic E-state index is 11.7. The minimum absolute atomic E-state index is 0.110. The third kappa shape index (κ3) is 6.55. The first-order valence-electron chi connectivity index (χ1n) is 12.0. The fourth-order valence-electron chi connectivity index (χ4n) is 4.42. The molecular weight excluding hydrogens is 430 g/mol. The SMILES string of the molecule is Cc1ccc(-c2nc(COC3CCCC(COC(Cc4ccccc4)C(=O)O)C3)c(C)o2)cc1. The molecule has 1 heterocycles. The number of ether oxygens (including phenoxy) is 2. The Kier molecular flexibility index (Phi) is 8.14. The van der Waals surface area contributed by atoms with E-state index in [4.69, 9.17) is 13.9 Å². The minimum Gasteiger partial charge on any atom is -0.479 e. The summed E-state index contributed by atoms with van der Waals surface area (Å²) in [6.07, 6.45) is 3.57. The summed E-state index contributed by atoms with van der Waals surface area (Å²) in [7, 11) is 0. The first-order chi connectivity index (χ1) is 16.5. The van der Waals surface area contributed by atoms with E-state index in [9.17, 15) is 9.90 Å². The summed E-state index contributed by atoms with van der Waals surface area (Å²) in [5.74, 6) is 0.761. The molecule has 1 aliphatic rings. The van der Waals surface area contributed by atoms with Crippen molar-refractivity contribution in [1.82, 2.24) is 4.98 Å². The van der Waals surface area contributed by atoms with Gasteiger partial charge < -0.3 is 19.0 Å². The second-order valence-corrected chi connectivity index (χ2v) is 9.20. The van der Waals surface area contributed by atoms with Crippen LogP contribution in [0.15, 0.2) is 59.0 Å². The number of carbonyl (C=O) groups is 1. The average molecular weight is 464 g/mol. The summed E-state index contributed by atoms with van der Waals surface area (Å²) in [6.45, 7) is 4.81. The fraction of sp³-hybridized carbons (Fsp3) is 0.429. The molecule has 1 aromatic heterocycles. The van der Waals surface area contributed by atoms with Crippen molar-refractivity contribution in [1.29, 1.82) is 0 Å². The summed E-state index contributed by atoms with van der Waals surface area (Å²) >= 11 is 0. The molecule has 3 atom stereocenters. The Morgan fingerprint density at radius 3 is 2.62 bits per heavy atom. The van der Waals surface area contributed by atoms with E-state index in [0.717, 1.165) is 48.3 Å². The summed E-state index contributed by atoms with van der Waals surface area (Å²) in [4.78, 5) is 16.3. The summed E-state index contributed by atoms with van der Waals surface area (Å²) in [5, 5.41) is 9.58. The van der Waals surface area contributed by atoms with E-state index in [-0.39, 0.29) is 12.0 Å². The lowest BCUT2D eigenvalue weighted by atomic mass is 9.87. The lowest BCUT2D eigenvalue weighted by molar-refractivity contribution is -0.151. The largest absolute Gasteiger partial charge is 0.479 e. The highest BCUT2D eigenvalue weighted by molar-refractivity contribution is 5.72. The lowest BCUT2D eigenvalue weighted by Gasteiger charge is -2.29. The zero-order valence-electron chi connectivity index (χ0n) is 19.9. The van der Waals surface area contributed by atoms with Crippen molar-refractivity contribution in [2.45, 2.75) is 64.8 Å². The van der Waals surface area contributed by atoms with Gasteiger partial charge in [0.25, 0.3) is 0 Å². The van der Waals surface area contributed by atoms with Gasteiger partial charge in [0.2, 0.25) is 5.89 Å². The number of rotatable bonds is 10. The summed E-state index contributed by atoms with van der Waals surface area (Å²) in [6, 6.07) is 17.7. The zero-order valence-corrected chi connectivity index (χ0v) is 19.9. The Morgan fingerprint density at radius 2 is 1.88 bits per heavy atom. The number of nitrogens with zero attached hydrogens (tertiary/aromatic N) is 1. The topological polar surface area (TPSA) is 81.8 Å². The number of aryl methyl sites for hydroxylation is 2. The molecule has 34 heavy (non-hydrogen) atoms. The van der Waals surface area contributed by atoms with Gasteiger partial charge >= 0.3 is 5.97 Å². The van der Waals surface area contributed by atoms with Crippen LogP contribution in [0.3, 0.4) is 0 Å². The predicted molar refractivity (Wildman–Crippen MR) is 129 cm³/mol. The van der Waals surface area contributed by atoms with Crippen molar-refractivity contribution in [3.05, 3.63) is 77.2 Å². The number of hydrogen-bond donors (Lipinski definition) is 1. The zero-order chi connectivity index (χ0) is 23.9. The van der Waals surface area contributed by atoms with Crippen LogP contribution >= 0.6 is 0 Å². The Balaban J connectivity index is 1.28. The quantitative estimate of drug-likeness (QED) is 0.412. The van der Waals surface area contributed by atoms with Crippen LogP contribution in [-0.2, 0) is 27.3 Å². The molecule has 3 aromatic rings. The second-order valence-electron chi connectivity index (χ2n) is 9.20. The van der Waals surface area contributed by atoms with Gasteiger partial charge in [-0.05, 0) is 56.7 Å². The summed E-state index contributed by atoms with van der Waals surface area (Å²) in [5.41, 5.74) is 3.94. The van der Waals surface area contributed by atoms with Crippen LogP contribution in [0.4, 0.5) is 0 Å². The number of carboxylic acid groups (broad SMARTS) is 1. The number of carboxylic acids is 1. The van der Waals surface area contributed by atoms with Crippen LogP contribution in [-0.4, -0.2) is 34.9 Å². The number of aromatic nitrogens is 1. The fourth-order valence-corrected chi connectivity index (χ4v) is 4.42. The maximum atomic E-state index is 11.7. The van der Waals surface area contributed by atoms with Crippen LogP contribution in [0.2, 0.25) is 0 Å². The molecule has 1 saturated carbocycles. The number of oxazole rings is 1. The molecule has 0 amide bonds. The smallest absolute Gasteiger partial charge is 0.333 e. The van der Waals surface area contributed by atoms with E-state index in [0.29, 0.717) is 25.5 Å². The first-order valence-corrected chi connectivity index (χ1v) is 12.0. The molecule has 0 radical (unpaired) electrons. The Hall–Kier alpha value is -2.96. The second kappa shape index (κ2) is 11.4. The van der Waals surface area contributed by atoms with E-state index in [1.54, 1.807) is 0 Å². The highest BCUT2D eigenvalue weighted by Gasteiger charge is 2.26. The van der Waals surface area contributed by atoms with E-state index in [1.165, 1.54) is 5.56 Å². The first kappa shape index (κ1) is 24.2. The normalized spacial score (nSPS) is 19.1. The van der Waals surface area contributed by atoms with Crippen LogP contribution in [0.25, 0.3) is 11.5 Å². The van der Waals surface area contributed by atoms with Gasteiger partial charge in [-0.25, -0.2) is 9.78 Å². The maximum Gasteiger partial charge on any atom is 0.333 e. The van der Waals surface area contributed by atoms with Gasteiger partial charge in [-0.15, -0.1) is 0 Å². The number of hydrogen-bond acceptors (Lipinski definition) is 5. The van der Waals surface area contributed by atoms with E-state index in [1.807, 2.05) is 61.5 Å². The average Bonchev–Trinajstić information content (AvgIpc) is 3.22. The minimum atomic E-state index is -0.918. The van der Waals surface area contributed by atoms with Crippen LogP contribution in [0.5, 0.6) is 0 Å². The molecule has 180 valence electrons.